The van der Waals surface area contributed by atoms with Crippen LogP contribution in [0.4, 0.5) is 0 Å². The summed E-state index contributed by atoms with van der Waals surface area (Å²) >= 11 is 0. The number of rotatable bonds is 5. The van der Waals surface area contributed by atoms with Gasteiger partial charge in [-0.15, -0.1) is 0 Å². The van der Waals surface area contributed by atoms with Crippen molar-refractivity contribution in [3.05, 3.63) is 0 Å². The van der Waals surface area contributed by atoms with Crippen LogP contribution < -0.4 is 0 Å². The quantitative estimate of drug-likeness (QED) is 0.555. The van der Waals surface area contributed by atoms with E-state index in [0.29, 0.717) is 6.42 Å². The van der Waals surface area contributed by atoms with Crippen LogP contribution in [0.3, 0.4) is 0 Å². The lowest BCUT2D eigenvalue weighted by Gasteiger charge is -1.97. The number of carbonyl (C=O) groups is 2. The number of Topliss-reactive ketones (excluding diaryl/α,β-unsaturated/α-hetero) is 1. The molecule has 1 radical (unpaired) electrons. The molecule has 3 nitrogen and oxygen atoms in total. The maximum atomic E-state index is 10.8. The normalized spacial score (nSPS) is 8.91. The first-order valence-electron chi connectivity index (χ1n) is 3.67. The summed E-state index contributed by atoms with van der Waals surface area (Å²) in [5.41, 5.74) is 0. The summed E-state index contributed by atoms with van der Waals surface area (Å²) < 4.78 is 4.47. The minimum absolute atomic E-state index is 0.105. The maximum Gasteiger partial charge on any atom is 0.381 e. The summed E-state index contributed by atoms with van der Waals surface area (Å²) in [5, 5.41) is 0. The van der Waals surface area contributed by atoms with Crippen molar-refractivity contribution in [1.82, 2.24) is 0 Å². The molecule has 0 N–H and O–H groups in total. The first-order valence-corrected chi connectivity index (χ1v) is 3.67. The van der Waals surface area contributed by atoms with Crippen molar-refractivity contribution in [2.75, 3.05) is 0 Å². The third-order valence-corrected chi connectivity index (χ3v) is 1.09. The first kappa shape index (κ1) is 10.2. The van der Waals surface area contributed by atoms with Crippen molar-refractivity contribution in [2.24, 2.45) is 0 Å². The lowest BCUT2D eigenvalue weighted by Crippen LogP contribution is -2.08. The molecule has 4 heteroatoms. The number of carbonyl (C=O) groups excluding carboxylic acids is 2. The zero-order valence-corrected chi connectivity index (χ0v) is 6.92. The topological polar surface area (TPSA) is 43.4 Å². The van der Waals surface area contributed by atoms with Crippen LogP contribution in [0.2, 0.25) is 6.32 Å². The summed E-state index contributed by atoms with van der Waals surface area (Å²) in [6, 6.07) is 0. The second-order valence-corrected chi connectivity index (χ2v) is 2.27. The van der Waals surface area contributed by atoms with Gasteiger partial charge in [0.05, 0.1) is 0 Å². The Hall–Kier alpha value is -0.795. The van der Waals surface area contributed by atoms with Crippen LogP contribution >= 0.6 is 0 Å². The molecule has 0 aliphatic heterocycles. The highest BCUT2D eigenvalue weighted by atomic mass is 16.5. The second-order valence-electron chi connectivity index (χ2n) is 2.27. The fourth-order valence-corrected chi connectivity index (χ4v) is 0.633. The van der Waals surface area contributed by atoms with E-state index >= 15 is 0 Å². The number of ketones is 1. The fourth-order valence-electron chi connectivity index (χ4n) is 0.633. The van der Waals surface area contributed by atoms with Crippen molar-refractivity contribution in [1.29, 1.82) is 0 Å². The highest BCUT2D eigenvalue weighted by Crippen LogP contribution is 1.94. The zero-order valence-electron chi connectivity index (χ0n) is 6.92. The van der Waals surface area contributed by atoms with E-state index < -0.39 is 0 Å². The minimum atomic E-state index is -0.380. The molecule has 0 aromatic heterocycles. The molecule has 0 aliphatic rings. The number of hydrogen-bond donors (Lipinski definition) is 0. The largest absolute Gasteiger partial charge is 0.538 e. The second kappa shape index (κ2) is 5.95. The summed E-state index contributed by atoms with van der Waals surface area (Å²) in [7, 11) is 1.25. The van der Waals surface area contributed by atoms with Crippen LogP contribution in [0.25, 0.3) is 0 Å². The van der Waals surface area contributed by atoms with Gasteiger partial charge in [-0.1, -0.05) is 6.92 Å². The van der Waals surface area contributed by atoms with Crippen LogP contribution in [0.15, 0.2) is 0 Å². The molecule has 0 fully saturated rings. The Labute approximate surface area is 67.4 Å². The Morgan fingerprint density at radius 2 is 2.09 bits per heavy atom. The highest BCUT2D eigenvalue weighted by Gasteiger charge is 2.04. The van der Waals surface area contributed by atoms with E-state index in [1.165, 1.54) is 14.4 Å². The van der Waals surface area contributed by atoms with E-state index in [2.05, 4.69) is 4.65 Å². The molecule has 11 heavy (non-hydrogen) atoms. The standard InChI is InChI=1S/C7H12BO3/c1-3-4-7(10)5-8-11-6(2)9/h3-5H2,1-2H3. The van der Waals surface area contributed by atoms with Crippen molar-refractivity contribution in [3.8, 4) is 0 Å². The monoisotopic (exact) mass is 155 g/mol. The average Bonchev–Trinajstić information content (AvgIpc) is 1.87. The van der Waals surface area contributed by atoms with Gasteiger partial charge in [-0.2, -0.15) is 0 Å². The van der Waals surface area contributed by atoms with Crippen molar-refractivity contribution >= 4 is 19.2 Å². The molecule has 0 unspecified atom stereocenters. The van der Waals surface area contributed by atoms with Crippen LogP contribution in [0.1, 0.15) is 26.7 Å². The Morgan fingerprint density at radius 1 is 1.45 bits per heavy atom. The van der Waals surface area contributed by atoms with Crippen LogP contribution in [-0.2, 0) is 14.2 Å². The lowest BCUT2D eigenvalue weighted by molar-refractivity contribution is -0.131. The van der Waals surface area contributed by atoms with Gasteiger partial charge in [-0.25, -0.2) is 0 Å². The smallest absolute Gasteiger partial charge is 0.381 e. The molecule has 0 saturated carbocycles. The minimum Gasteiger partial charge on any atom is -0.538 e. The lowest BCUT2D eigenvalue weighted by atomic mass is 9.90. The van der Waals surface area contributed by atoms with E-state index in [-0.39, 0.29) is 18.1 Å². The molecule has 0 heterocycles. The van der Waals surface area contributed by atoms with Gasteiger partial charge >= 0.3 is 7.48 Å². The van der Waals surface area contributed by atoms with Gasteiger partial charge in [0.1, 0.15) is 5.78 Å². The Bertz CT molecular complexity index is 145. The van der Waals surface area contributed by atoms with Gasteiger partial charge < -0.3 is 9.45 Å². The van der Waals surface area contributed by atoms with Gasteiger partial charge in [-0.3, -0.25) is 4.79 Å². The highest BCUT2D eigenvalue weighted by molar-refractivity contribution is 6.36. The molecule has 0 amide bonds. The average molecular weight is 155 g/mol. The zero-order chi connectivity index (χ0) is 8.69. The summed E-state index contributed by atoms with van der Waals surface area (Å²) in [6.45, 7) is 3.24. The molecule has 0 bridgehead atoms. The van der Waals surface area contributed by atoms with Crippen LogP contribution in [-0.4, -0.2) is 19.2 Å². The van der Waals surface area contributed by atoms with Crippen molar-refractivity contribution in [2.45, 2.75) is 33.0 Å². The molecule has 0 aromatic carbocycles. The summed E-state index contributed by atoms with van der Waals surface area (Å²) in [6.07, 6.45) is 1.62. The van der Waals surface area contributed by atoms with E-state index in [0.717, 1.165) is 6.42 Å². The molecule has 0 rings (SSSR count). The van der Waals surface area contributed by atoms with Gasteiger partial charge in [-0.05, 0) is 6.42 Å². The molecule has 0 aliphatic carbocycles. The van der Waals surface area contributed by atoms with Gasteiger partial charge in [0.2, 0.25) is 0 Å². The summed E-state index contributed by atoms with van der Waals surface area (Å²) in [4.78, 5) is 21.0. The van der Waals surface area contributed by atoms with E-state index in [1.54, 1.807) is 0 Å². The van der Waals surface area contributed by atoms with E-state index in [4.69, 9.17) is 0 Å². The summed E-state index contributed by atoms with van der Waals surface area (Å²) in [5.74, 6) is -0.275. The fraction of sp³-hybridized carbons (Fsp3) is 0.714. The molecular formula is C7H12BO3. The predicted octanol–water partition coefficient (Wildman–Crippen LogP) is 0.956. The molecule has 61 valence electrons. The maximum absolute atomic E-state index is 10.8. The van der Waals surface area contributed by atoms with E-state index in [1.807, 2.05) is 6.92 Å². The molecular weight excluding hydrogens is 143 g/mol. The number of hydrogen-bond acceptors (Lipinski definition) is 3. The Balaban J connectivity index is 3.24. The third-order valence-electron chi connectivity index (χ3n) is 1.09. The van der Waals surface area contributed by atoms with E-state index in [9.17, 15) is 9.59 Å². The van der Waals surface area contributed by atoms with Gasteiger partial charge in [0, 0.05) is 19.7 Å². The molecule has 0 atom stereocenters. The SMILES string of the molecule is CCCC(=O)C[B]OC(C)=O. The third kappa shape index (κ3) is 7.10. The first-order chi connectivity index (χ1) is 5.16. The molecule has 0 saturated heterocycles. The predicted molar refractivity (Wildman–Crippen MR) is 42.2 cm³/mol. The van der Waals surface area contributed by atoms with Crippen molar-refractivity contribution in [3.63, 3.8) is 0 Å². The Morgan fingerprint density at radius 3 is 2.55 bits per heavy atom. The van der Waals surface area contributed by atoms with Crippen LogP contribution in [0, 0.1) is 0 Å². The van der Waals surface area contributed by atoms with Gasteiger partial charge in [0.25, 0.3) is 5.97 Å². The molecule has 0 aromatic rings. The Kier molecular flexibility index (Phi) is 5.52. The van der Waals surface area contributed by atoms with Gasteiger partial charge in [0.15, 0.2) is 0 Å². The molecule has 0 spiro atoms. The van der Waals surface area contributed by atoms with Crippen molar-refractivity contribution < 1.29 is 14.2 Å². The van der Waals surface area contributed by atoms with Crippen LogP contribution in [0.5, 0.6) is 0 Å².